The van der Waals surface area contributed by atoms with Crippen LogP contribution in [0.15, 0.2) is 22.8 Å². The van der Waals surface area contributed by atoms with Crippen molar-refractivity contribution in [2.45, 2.75) is 52.2 Å². The predicted molar refractivity (Wildman–Crippen MR) is 83.4 cm³/mol. The van der Waals surface area contributed by atoms with Gasteiger partial charge in [0, 0.05) is 26.1 Å². The third-order valence-corrected chi connectivity index (χ3v) is 2.96. The van der Waals surface area contributed by atoms with Crippen molar-refractivity contribution in [3.63, 3.8) is 0 Å². The molecule has 0 spiro atoms. The average Bonchev–Trinajstić information content (AvgIpc) is 2.85. The van der Waals surface area contributed by atoms with Crippen molar-refractivity contribution in [2.24, 2.45) is 0 Å². The summed E-state index contributed by atoms with van der Waals surface area (Å²) in [4.78, 5) is 13.4. The quantitative estimate of drug-likeness (QED) is 0.786. The molecular formula is C16H28N2O3. The molecule has 1 aromatic rings. The van der Waals surface area contributed by atoms with E-state index in [9.17, 15) is 4.79 Å². The molecular weight excluding hydrogens is 268 g/mol. The minimum Gasteiger partial charge on any atom is -0.469 e. The smallest absolute Gasteiger partial charge is 0.410 e. The minimum atomic E-state index is -0.443. The molecule has 1 amide bonds. The van der Waals surface area contributed by atoms with E-state index in [0.29, 0.717) is 12.6 Å². The lowest BCUT2D eigenvalue weighted by Crippen LogP contribution is -2.36. The zero-order chi connectivity index (χ0) is 15.9. The average molecular weight is 296 g/mol. The molecule has 120 valence electrons. The number of carbonyl (C=O) groups excluding carboxylic acids is 1. The Bertz CT molecular complexity index is 410. The Hall–Kier alpha value is -1.49. The van der Waals surface area contributed by atoms with Gasteiger partial charge in [-0.25, -0.2) is 4.79 Å². The van der Waals surface area contributed by atoms with Crippen LogP contribution in [0, 0.1) is 0 Å². The molecule has 1 N–H and O–H groups in total. The van der Waals surface area contributed by atoms with Crippen LogP contribution in [-0.4, -0.2) is 42.8 Å². The molecule has 0 aromatic carbocycles. The number of furan rings is 1. The summed E-state index contributed by atoms with van der Waals surface area (Å²) in [5.74, 6) is 0.987. The second-order valence-electron chi connectivity index (χ2n) is 6.39. The number of amides is 1. The van der Waals surface area contributed by atoms with Gasteiger partial charge in [-0.15, -0.1) is 0 Å². The van der Waals surface area contributed by atoms with Crippen molar-refractivity contribution < 1.29 is 13.9 Å². The van der Waals surface area contributed by atoms with Crippen LogP contribution in [0.25, 0.3) is 0 Å². The Kier molecular flexibility index (Phi) is 6.75. The Balaban J connectivity index is 2.14. The van der Waals surface area contributed by atoms with Crippen molar-refractivity contribution >= 4 is 6.09 Å². The third kappa shape index (κ3) is 7.75. The van der Waals surface area contributed by atoms with Gasteiger partial charge in [0.2, 0.25) is 0 Å². The van der Waals surface area contributed by atoms with Crippen LogP contribution in [0.1, 0.15) is 39.9 Å². The molecule has 0 saturated heterocycles. The Morgan fingerprint density at radius 3 is 2.76 bits per heavy atom. The lowest BCUT2D eigenvalue weighted by atomic mass is 10.2. The van der Waals surface area contributed by atoms with Gasteiger partial charge in [-0.05, 0) is 52.8 Å². The number of ether oxygens (including phenoxy) is 1. The van der Waals surface area contributed by atoms with Crippen molar-refractivity contribution in [2.75, 3.05) is 20.1 Å². The molecule has 21 heavy (non-hydrogen) atoms. The zero-order valence-electron chi connectivity index (χ0n) is 13.8. The van der Waals surface area contributed by atoms with Crippen molar-refractivity contribution in [3.8, 4) is 0 Å². The summed E-state index contributed by atoms with van der Waals surface area (Å²) >= 11 is 0. The maximum atomic E-state index is 11.8. The molecule has 5 heteroatoms. The highest BCUT2D eigenvalue weighted by Crippen LogP contribution is 2.09. The molecule has 0 aliphatic carbocycles. The topological polar surface area (TPSA) is 54.7 Å². The number of hydrogen-bond acceptors (Lipinski definition) is 4. The van der Waals surface area contributed by atoms with Crippen LogP contribution >= 0.6 is 0 Å². The van der Waals surface area contributed by atoms with Gasteiger partial charge in [0.1, 0.15) is 11.4 Å². The van der Waals surface area contributed by atoms with Gasteiger partial charge in [-0.3, -0.25) is 0 Å². The number of hydrogen-bond donors (Lipinski definition) is 1. The van der Waals surface area contributed by atoms with Crippen LogP contribution in [0.3, 0.4) is 0 Å². The Morgan fingerprint density at radius 2 is 2.19 bits per heavy atom. The number of rotatable bonds is 7. The molecule has 0 bridgehead atoms. The highest BCUT2D eigenvalue weighted by Gasteiger charge is 2.19. The number of nitrogens with zero attached hydrogens (tertiary/aromatic N) is 1. The molecule has 1 aromatic heterocycles. The van der Waals surface area contributed by atoms with E-state index in [2.05, 4.69) is 12.2 Å². The second kappa shape index (κ2) is 8.08. The molecule has 0 aliphatic rings. The first kappa shape index (κ1) is 17.6. The number of carbonyl (C=O) groups is 1. The molecule has 1 rings (SSSR count). The van der Waals surface area contributed by atoms with E-state index in [1.807, 2.05) is 32.9 Å². The summed E-state index contributed by atoms with van der Waals surface area (Å²) in [6, 6.07) is 4.23. The van der Waals surface area contributed by atoms with Crippen molar-refractivity contribution in [1.82, 2.24) is 10.2 Å². The third-order valence-electron chi connectivity index (χ3n) is 2.96. The largest absolute Gasteiger partial charge is 0.469 e. The summed E-state index contributed by atoms with van der Waals surface area (Å²) in [6.45, 7) is 9.27. The molecule has 0 aliphatic heterocycles. The van der Waals surface area contributed by atoms with Crippen LogP contribution in [0.2, 0.25) is 0 Å². The fourth-order valence-electron chi connectivity index (χ4n) is 1.90. The van der Waals surface area contributed by atoms with E-state index < -0.39 is 5.60 Å². The van der Waals surface area contributed by atoms with Gasteiger partial charge in [0.25, 0.3) is 0 Å². The first-order valence-electron chi connectivity index (χ1n) is 7.48. The fraction of sp³-hybridized carbons (Fsp3) is 0.688. The van der Waals surface area contributed by atoms with Gasteiger partial charge in [-0.2, -0.15) is 0 Å². The Labute approximate surface area is 127 Å². The molecule has 0 fully saturated rings. The van der Waals surface area contributed by atoms with E-state index >= 15 is 0 Å². The van der Waals surface area contributed by atoms with E-state index in [0.717, 1.165) is 25.1 Å². The SMILES string of the molecule is CC(Cc1ccco1)NCCCN(C)C(=O)OC(C)(C)C. The van der Waals surface area contributed by atoms with E-state index in [1.54, 1.807) is 18.2 Å². The molecule has 1 heterocycles. The maximum absolute atomic E-state index is 11.8. The monoisotopic (exact) mass is 296 g/mol. The normalized spacial score (nSPS) is 13.0. The summed E-state index contributed by atoms with van der Waals surface area (Å²) in [5.41, 5.74) is -0.443. The first-order valence-corrected chi connectivity index (χ1v) is 7.48. The van der Waals surface area contributed by atoms with Crippen LogP contribution in [0.4, 0.5) is 4.79 Å². The van der Waals surface area contributed by atoms with E-state index in [4.69, 9.17) is 9.15 Å². The molecule has 1 atom stereocenters. The minimum absolute atomic E-state index is 0.272. The number of nitrogens with one attached hydrogen (secondary N) is 1. The molecule has 0 radical (unpaired) electrons. The van der Waals surface area contributed by atoms with E-state index in [1.165, 1.54) is 0 Å². The summed E-state index contributed by atoms with van der Waals surface area (Å²) in [6.07, 6.45) is 3.18. The summed E-state index contributed by atoms with van der Waals surface area (Å²) in [7, 11) is 1.76. The first-order chi connectivity index (χ1) is 9.78. The van der Waals surface area contributed by atoms with Gasteiger partial charge >= 0.3 is 6.09 Å². The maximum Gasteiger partial charge on any atom is 0.410 e. The lowest BCUT2D eigenvalue weighted by Gasteiger charge is -2.24. The van der Waals surface area contributed by atoms with Crippen LogP contribution < -0.4 is 5.32 Å². The second-order valence-corrected chi connectivity index (χ2v) is 6.39. The molecule has 1 unspecified atom stereocenters. The van der Waals surface area contributed by atoms with Crippen LogP contribution in [0.5, 0.6) is 0 Å². The fourth-order valence-corrected chi connectivity index (χ4v) is 1.90. The van der Waals surface area contributed by atoms with Gasteiger partial charge in [-0.1, -0.05) is 0 Å². The Morgan fingerprint density at radius 1 is 1.48 bits per heavy atom. The van der Waals surface area contributed by atoms with Gasteiger partial charge < -0.3 is 19.4 Å². The summed E-state index contributed by atoms with van der Waals surface area (Å²) < 4.78 is 10.6. The van der Waals surface area contributed by atoms with Crippen LogP contribution in [-0.2, 0) is 11.2 Å². The predicted octanol–water partition coefficient (Wildman–Crippen LogP) is 3.06. The van der Waals surface area contributed by atoms with Gasteiger partial charge in [0.05, 0.1) is 6.26 Å². The van der Waals surface area contributed by atoms with Gasteiger partial charge in [0.15, 0.2) is 0 Å². The standard InChI is InChI=1S/C16H28N2O3/c1-13(12-14-8-6-11-20-14)17-9-7-10-18(5)15(19)21-16(2,3)4/h6,8,11,13,17H,7,9-10,12H2,1-5H3. The zero-order valence-corrected chi connectivity index (χ0v) is 13.8. The van der Waals surface area contributed by atoms with Crippen molar-refractivity contribution in [3.05, 3.63) is 24.2 Å². The summed E-state index contributed by atoms with van der Waals surface area (Å²) in [5, 5.41) is 3.42. The van der Waals surface area contributed by atoms with E-state index in [-0.39, 0.29) is 6.09 Å². The lowest BCUT2D eigenvalue weighted by molar-refractivity contribution is 0.0297. The van der Waals surface area contributed by atoms with Crippen molar-refractivity contribution in [1.29, 1.82) is 0 Å². The highest BCUT2D eigenvalue weighted by molar-refractivity contribution is 5.67. The molecule has 5 nitrogen and oxygen atoms in total. The molecule has 0 saturated carbocycles. The highest BCUT2D eigenvalue weighted by atomic mass is 16.6.